The molecule has 6 rings (SSSR count). The fourth-order valence-corrected chi connectivity index (χ4v) is 6.97. The molecule has 12 nitrogen and oxygen atoms in total. The second-order valence-electron chi connectivity index (χ2n) is 12.0. The van der Waals surface area contributed by atoms with Gasteiger partial charge < -0.3 is 36.8 Å². The number of anilines is 5. The number of carboxylic acids is 2. The first-order valence-corrected chi connectivity index (χ1v) is 17.6. The molecule has 2 aliphatic rings. The molecular weight excluding hydrogens is 780 g/mol. The Morgan fingerprint density at radius 3 is 1.39 bits per heavy atom. The quantitative estimate of drug-likeness (QED) is 0.0899. The molecule has 0 radical (unpaired) electrons. The molecule has 0 aromatic heterocycles. The van der Waals surface area contributed by atoms with Crippen LogP contribution in [-0.2, 0) is 24.0 Å². The monoisotopic (exact) mass is 809 g/mol. The summed E-state index contributed by atoms with van der Waals surface area (Å²) in [6.07, 6.45) is 2.92. The van der Waals surface area contributed by atoms with E-state index in [1.807, 2.05) is 18.2 Å². The molecule has 7 N–H and O–H groups in total. The highest BCUT2D eigenvalue weighted by molar-refractivity contribution is 6.37. The van der Waals surface area contributed by atoms with Gasteiger partial charge in [0.15, 0.2) is 0 Å². The summed E-state index contributed by atoms with van der Waals surface area (Å²) in [4.78, 5) is 58.8. The third-order valence-corrected chi connectivity index (χ3v) is 9.01. The molecule has 54 heavy (non-hydrogen) atoms. The molecule has 0 fully saturated rings. The lowest BCUT2D eigenvalue weighted by atomic mass is 9.92. The van der Waals surface area contributed by atoms with Gasteiger partial charge in [-0.3, -0.25) is 14.4 Å². The van der Waals surface area contributed by atoms with E-state index in [4.69, 9.17) is 46.4 Å². The third-order valence-electron chi connectivity index (χ3n) is 7.98. The molecule has 2 heterocycles. The lowest BCUT2D eigenvalue weighted by molar-refractivity contribution is -0.138. The first-order chi connectivity index (χ1) is 25.7. The standard InChI is InChI=1S/C20H17Cl2N3O4.C18H14Cl2N2O3/c1-10(26)23-13-2-4-14(5-3-13)24-18(27)7-11-6-17(20(28)29)25-16-9-12(21)8-15(22)19(11)16;19-11-8-13(20)17-10(6-15(18(24)25)22-14(17)9-11)7-16(23)21-12-4-2-1-3-5-12/h2-5,7-9,17,25H,6H2,1H3,(H,23,26)(H,24,27)(H,28,29);1-5,7-9,15,22H,6H2,(H,21,23)(H,24,25)/b11-7+;10-7+. The Bertz CT molecular complexity index is 2190. The largest absolute Gasteiger partial charge is 0.480 e. The van der Waals surface area contributed by atoms with Crippen LogP contribution in [0.15, 0.2) is 91.0 Å². The summed E-state index contributed by atoms with van der Waals surface area (Å²) in [5.41, 5.74) is 4.89. The Hall–Kier alpha value is -5.53. The van der Waals surface area contributed by atoms with E-state index in [0.29, 0.717) is 70.8 Å². The Balaban J connectivity index is 0.000000210. The maximum atomic E-state index is 12.5. The van der Waals surface area contributed by atoms with Crippen molar-refractivity contribution in [2.45, 2.75) is 31.8 Å². The highest BCUT2D eigenvalue weighted by atomic mass is 35.5. The van der Waals surface area contributed by atoms with Crippen LogP contribution >= 0.6 is 46.4 Å². The Morgan fingerprint density at radius 1 is 0.611 bits per heavy atom. The second kappa shape index (κ2) is 17.5. The van der Waals surface area contributed by atoms with E-state index in [0.717, 1.165) is 0 Å². The molecule has 4 aromatic rings. The zero-order valence-electron chi connectivity index (χ0n) is 28.2. The van der Waals surface area contributed by atoms with Crippen molar-refractivity contribution >= 4 is 116 Å². The minimum atomic E-state index is -1.05. The molecule has 3 amide bonds. The van der Waals surface area contributed by atoms with E-state index < -0.39 is 29.9 Å². The van der Waals surface area contributed by atoms with E-state index in [1.54, 1.807) is 54.6 Å². The van der Waals surface area contributed by atoms with Gasteiger partial charge in [0.2, 0.25) is 17.7 Å². The molecule has 0 bridgehead atoms. The van der Waals surface area contributed by atoms with Gasteiger partial charge in [0.05, 0.1) is 10.0 Å². The van der Waals surface area contributed by atoms with E-state index in [9.17, 15) is 34.2 Å². The van der Waals surface area contributed by atoms with Crippen molar-refractivity contribution in [2.24, 2.45) is 0 Å². The number of aliphatic carboxylic acids is 2. The van der Waals surface area contributed by atoms with Crippen molar-refractivity contribution in [2.75, 3.05) is 26.6 Å². The predicted molar refractivity (Wildman–Crippen MR) is 213 cm³/mol. The van der Waals surface area contributed by atoms with Crippen LogP contribution in [-0.4, -0.2) is 52.0 Å². The van der Waals surface area contributed by atoms with Crippen molar-refractivity contribution in [3.63, 3.8) is 0 Å². The van der Waals surface area contributed by atoms with Gasteiger partial charge >= 0.3 is 11.9 Å². The van der Waals surface area contributed by atoms with Crippen molar-refractivity contribution < 1.29 is 34.2 Å². The molecule has 2 atom stereocenters. The summed E-state index contributed by atoms with van der Waals surface area (Å²) in [6, 6.07) is 20.1. The molecule has 16 heteroatoms. The lowest BCUT2D eigenvalue weighted by Gasteiger charge is -2.27. The molecule has 0 aliphatic carbocycles. The Kier molecular flexibility index (Phi) is 12.9. The molecule has 0 spiro atoms. The summed E-state index contributed by atoms with van der Waals surface area (Å²) in [5.74, 6) is -3.05. The SMILES string of the molecule is CC(=O)Nc1ccc(NC(=O)/C=C2\CC(C(=O)O)Nc3cc(Cl)cc(Cl)c32)cc1.O=C(/C=C1\CC(C(=O)O)Nc2cc(Cl)cc(Cl)c21)Nc1ccccc1. The number of hydrogen-bond acceptors (Lipinski definition) is 7. The average molecular weight is 812 g/mol. The van der Waals surface area contributed by atoms with Crippen molar-refractivity contribution in [3.05, 3.63) is 122 Å². The van der Waals surface area contributed by atoms with Crippen LogP contribution in [0.1, 0.15) is 30.9 Å². The molecule has 2 aliphatic heterocycles. The van der Waals surface area contributed by atoms with Crippen LogP contribution in [0.2, 0.25) is 20.1 Å². The molecule has 0 saturated heterocycles. The number of nitrogens with one attached hydrogen (secondary N) is 5. The predicted octanol–water partition coefficient (Wildman–Crippen LogP) is 8.53. The molecule has 4 aromatic carbocycles. The number of benzene rings is 4. The summed E-state index contributed by atoms with van der Waals surface area (Å²) in [5, 5.41) is 34.0. The molecular formula is C38H31Cl4N5O7. The van der Waals surface area contributed by atoms with Crippen molar-refractivity contribution in [1.29, 1.82) is 0 Å². The Labute approximate surface area is 329 Å². The number of para-hydroxylation sites is 1. The number of rotatable bonds is 7. The van der Waals surface area contributed by atoms with Crippen LogP contribution in [0.4, 0.5) is 28.4 Å². The maximum Gasteiger partial charge on any atom is 0.326 e. The number of amides is 3. The van der Waals surface area contributed by atoms with Gasteiger partial charge in [-0.15, -0.1) is 0 Å². The van der Waals surface area contributed by atoms with Gasteiger partial charge in [-0.25, -0.2) is 9.59 Å². The van der Waals surface area contributed by atoms with Crippen LogP contribution in [0, 0.1) is 0 Å². The molecule has 0 saturated carbocycles. The highest BCUT2D eigenvalue weighted by Gasteiger charge is 2.30. The summed E-state index contributed by atoms with van der Waals surface area (Å²) >= 11 is 24.6. The van der Waals surface area contributed by atoms with Crippen LogP contribution < -0.4 is 26.6 Å². The fraction of sp³-hybridized carbons (Fsp3) is 0.132. The number of halogens is 4. The Morgan fingerprint density at radius 2 is 1.00 bits per heavy atom. The minimum absolute atomic E-state index is 0.0819. The molecule has 278 valence electrons. The summed E-state index contributed by atoms with van der Waals surface area (Å²) in [7, 11) is 0. The average Bonchev–Trinajstić information content (AvgIpc) is 3.08. The van der Waals surface area contributed by atoms with Crippen molar-refractivity contribution in [3.8, 4) is 0 Å². The van der Waals surface area contributed by atoms with E-state index in [-0.39, 0.29) is 24.7 Å². The van der Waals surface area contributed by atoms with Gasteiger partial charge in [0.1, 0.15) is 12.1 Å². The number of carboxylic acid groups (broad SMARTS) is 2. The van der Waals surface area contributed by atoms with E-state index in [1.165, 1.54) is 25.1 Å². The van der Waals surface area contributed by atoms with Gasteiger partial charge in [-0.05, 0) is 71.8 Å². The zero-order chi connectivity index (χ0) is 39.1. The second-order valence-corrected chi connectivity index (χ2v) is 13.7. The normalized spacial score (nSPS) is 17.0. The fourth-order valence-electron chi connectivity index (χ4n) is 5.74. The van der Waals surface area contributed by atoms with E-state index >= 15 is 0 Å². The van der Waals surface area contributed by atoms with Crippen LogP contribution in [0.5, 0.6) is 0 Å². The smallest absolute Gasteiger partial charge is 0.326 e. The van der Waals surface area contributed by atoms with Gasteiger partial charge in [0, 0.05) is 81.5 Å². The maximum absolute atomic E-state index is 12.5. The zero-order valence-corrected chi connectivity index (χ0v) is 31.2. The van der Waals surface area contributed by atoms with Gasteiger partial charge in [-0.2, -0.15) is 0 Å². The number of carbonyl (C=O) groups is 5. The third kappa shape index (κ3) is 10.3. The van der Waals surface area contributed by atoms with E-state index in [2.05, 4.69) is 26.6 Å². The van der Waals surface area contributed by atoms with Gasteiger partial charge in [0.25, 0.3) is 0 Å². The lowest BCUT2D eigenvalue weighted by Crippen LogP contribution is -2.33. The van der Waals surface area contributed by atoms with Crippen LogP contribution in [0.3, 0.4) is 0 Å². The minimum Gasteiger partial charge on any atom is -0.480 e. The van der Waals surface area contributed by atoms with Gasteiger partial charge in [-0.1, -0.05) is 64.6 Å². The first-order valence-electron chi connectivity index (χ1n) is 16.1. The number of hydrogen-bond donors (Lipinski definition) is 7. The number of carbonyl (C=O) groups excluding carboxylic acids is 3. The summed E-state index contributed by atoms with van der Waals surface area (Å²) in [6.45, 7) is 1.40. The molecule has 2 unspecified atom stereocenters. The topological polar surface area (TPSA) is 186 Å². The first kappa shape index (κ1) is 39.7. The number of fused-ring (bicyclic) bond motifs is 2. The highest BCUT2D eigenvalue weighted by Crippen LogP contribution is 2.42. The van der Waals surface area contributed by atoms with Crippen LogP contribution in [0.25, 0.3) is 11.1 Å². The summed E-state index contributed by atoms with van der Waals surface area (Å²) < 4.78 is 0. The van der Waals surface area contributed by atoms with Crippen molar-refractivity contribution in [1.82, 2.24) is 0 Å².